The van der Waals surface area contributed by atoms with Crippen LogP contribution in [-0.4, -0.2) is 16.4 Å². The Balaban J connectivity index is 1.70. The molecule has 1 aromatic heterocycles. The molecule has 0 amide bonds. The summed E-state index contributed by atoms with van der Waals surface area (Å²) in [5.41, 5.74) is 6.52. The molecule has 3 nitrogen and oxygen atoms in total. The van der Waals surface area contributed by atoms with E-state index in [9.17, 15) is 0 Å². The van der Waals surface area contributed by atoms with Gasteiger partial charge in [0.05, 0.1) is 11.4 Å². The molecule has 0 saturated carbocycles. The molecule has 29 heavy (non-hydrogen) atoms. The number of hydrogen-bond acceptors (Lipinski definition) is 2. The van der Waals surface area contributed by atoms with Gasteiger partial charge >= 0.3 is 0 Å². The highest BCUT2D eigenvalue weighted by molar-refractivity contribution is 6.13. The lowest BCUT2D eigenvalue weighted by molar-refractivity contribution is 1.09. The number of rotatable bonds is 3. The molecule has 0 atom stereocenters. The molecule has 0 aliphatic carbocycles. The van der Waals surface area contributed by atoms with Crippen LogP contribution in [0.15, 0.2) is 84.0 Å². The Kier molecular flexibility index (Phi) is 4.21. The van der Waals surface area contributed by atoms with Crippen LogP contribution >= 0.6 is 0 Å². The van der Waals surface area contributed by atoms with E-state index in [1.54, 1.807) is 0 Å². The predicted molar refractivity (Wildman–Crippen MR) is 122 cm³/mol. The van der Waals surface area contributed by atoms with Gasteiger partial charge in [0.25, 0.3) is 0 Å². The van der Waals surface area contributed by atoms with E-state index in [1.165, 1.54) is 32.7 Å². The maximum absolute atomic E-state index is 4.94. The van der Waals surface area contributed by atoms with Crippen LogP contribution in [0.2, 0.25) is 0 Å². The maximum Gasteiger partial charge on any atom is 0.0921 e. The lowest BCUT2D eigenvalue weighted by Crippen LogP contribution is -1.90. The van der Waals surface area contributed by atoms with Crippen molar-refractivity contribution in [3.63, 3.8) is 0 Å². The van der Waals surface area contributed by atoms with E-state index in [-0.39, 0.29) is 0 Å². The Morgan fingerprint density at radius 2 is 1.52 bits per heavy atom. The number of aryl methyl sites for hydroxylation is 1. The van der Waals surface area contributed by atoms with E-state index in [0.717, 1.165) is 22.5 Å². The number of benzene rings is 4. The zero-order valence-corrected chi connectivity index (χ0v) is 16.5. The quantitative estimate of drug-likeness (QED) is 0.275. The zero-order chi connectivity index (χ0) is 19.8. The average molecular weight is 375 g/mol. The number of aromatic amines is 1. The first-order chi connectivity index (χ1) is 14.2. The fraction of sp³-hybridized carbons (Fsp3) is 0.0769. The van der Waals surface area contributed by atoms with Crippen LogP contribution in [0.5, 0.6) is 0 Å². The van der Waals surface area contributed by atoms with E-state index in [0.29, 0.717) is 0 Å². The van der Waals surface area contributed by atoms with Crippen LogP contribution in [-0.2, 0) is 0 Å². The summed E-state index contributed by atoms with van der Waals surface area (Å²) in [6.07, 6.45) is 3.86. The summed E-state index contributed by atoms with van der Waals surface area (Å²) in [6, 6.07) is 25.5. The molecule has 5 rings (SSSR count). The molecule has 0 fully saturated rings. The summed E-state index contributed by atoms with van der Waals surface area (Å²) in [5, 5.41) is 12.1. The van der Waals surface area contributed by atoms with Crippen LogP contribution in [0, 0.1) is 13.8 Å². The Morgan fingerprint density at radius 3 is 2.17 bits per heavy atom. The van der Waals surface area contributed by atoms with Crippen LogP contribution in [0.25, 0.3) is 32.8 Å². The monoisotopic (exact) mass is 375 g/mol. The van der Waals surface area contributed by atoms with Crippen molar-refractivity contribution in [1.82, 2.24) is 10.2 Å². The Bertz CT molecular complexity index is 1310. The van der Waals surface area contributed by atoms with Crippen molar-refractivity contribution in [3.8, 4) is 11.3 Å². The molecular weight excluding hydrogens is 354 g/mol. The first-order valence-electron chi connectivity index (χ1n) is 9.77. The van der Waals surface area contributed by atoms with Crippen molar-refractivity contribution in [1.29, 1.82) is 0 Å². The van der Waals surface area contributed by atoms with Gasteiger partial charge in [-0.2, -0.15) is 5.10 Å². The smallest absolute Gasteiger partial charge is 0.0921 e. The highest BCUT2D eigenvalue weighted by Crippen LogP contribution is 2.31. The highest BCUT2D eigenvalue weighted by atomic mass is 15.1. The molecule has 1 N–H and O–H groups in total. The van der Waals surface area contributed by atoms with Crippen molar-refractivity contribution in [2.45, 2.75) is 13.8 Å². The summed E-state index contributed by atoms with van der Waals surface area (Å²) in [5.74, 6) is 0. The van der Waals surface area contributed by atoms with Crippen molar-refractivity contribution < 1.29 is 0 Å². The first kappa shape index (κ1) is 17.4. The molecule has 0 radical (unpaired) electrons. The molecule has 0 bridgehead atoms. The van der Waals surface area contributed by atoms with Gasteiger partial charge in [0, 0.05) is 23.5 Å². The number of aliphatic imine (C=N–C) groups is 1. The van der Waals surface area contributed by atoms with Crippen molar-refractivity contribution >= 4 is 33.4 Å². The van der Waals surface area contributed by atoms with E-state index >= 15 is 0 Å². The molecule has 3 heteroatoms. The first-order valence-corrected chi connectivity index (χ1v) is 9.77. The Morgan fingerprint density at radius 1 is 0.828 bits per heavy atom. The van der Waals surface area contributed by atoms with E-state index in [2.05, 4.69) is 90.8 Å². The van der Waals surface area contributed by atoms with Crippen molar-refractivity contribution in [3.05, 3.63) is 95.7 Å². The van der Waals surface area contributed by atoms with Crippen molar-refractivity contribution in [2.75, 3.05) is 0 Å². The average Bonchev–Trinajstić information content (AvgIpc) is 3.28. The van der Waals surface area contributed by atoms with Crippen LogP contribution in [0.1, 0.15) is 16.7 Å². The second kappa shape index (κ2) is 7.02. The summed E-state index contributed by atoms with van der Waals surface area (Å²) >= 11 is 0. The number of H-pyrrole nitrogens is 1. The molecule has 0 saturated heterocycles. The second-order valence-corrected chi connectivity index (χ2v) is 7.39. The van der Waals surface area contributed by atoms with Gasteiger partial charge < -0.3 is 0 Å². The zero-order valence-electron chi connectivity index (χ0n) is 16.5. The minimum absolute atomic E-state index is 0.931. The SMILES string of the molecule is Cc1cc(-c2cc[nH]n2)cc(N=Cc2c3ccccc3cc3ccccc23)c1C. The molecule has 140 valence electrons. The van der Waals surface area contributed by atoms with Gasteiger partial charge in [-0.3, -0.25) is 10.1 Å². The molecular formula is C26H21N3. The van der Waals surface area contributed by atoms with Crippen LogP contribution in [0.3, 0.4) is 0 Å². The molecule has 0 spiro atoms. The summed E-state index contributed by atoms with van der Waals surface area (Å²) in [4.78, 5) is 4.94. The maximum atomic E-state index is 4.94. The van der Waals surface area contributed by atoms with Gasteiger partial charge in [-0.25, -0.2) is 0 Å². The van der Waals surface area contributed by atoms with Gasteiger partial charge in [-0.05, 0) is 70.8 Å². The van der Waals surface area contributed by atoms with Gasteiger partial charge in [0.1, 0.15) is 0 Å². The fourth-order valence-electron chi connectivity index (χ4n) is 3.87. The van der Waals surface area contributed by atoms with E-state index in [1.807, 2.05) is 18.5 Å². The standard InChI is InChI=1S/C26H21N3/c1-17-13-21(25-11-12-28-29-25)15-26(18(17)2)27-16-24-22-9-5-3-7-19(22)14-20-8-4-6-10-23(20)24/h3-16H,1-2H3,(H,28,29). The van der Waals surface area contributed by atoms with E-state index in [4.69, 9.17) is 4.99 Å². The third-order valence-corrected chi connectivity index (χ3v) is 5.58. The minimum atomic E-state index is 0.931. The van der Waals surface area contributed by atoms with Crippen LogP contribution < -0.4 is 0 Å². The fourth-order valence-corrected chi connectivity index (χ4v) is 3.87. The summed E-state index contributed by atoms with van der Waals surface area (Å²) in [6.45, 7) is 4.25. The molecule has 4 aromatic carbocycles. The van der Waals surface area contributed by atoms with Crippen molar-refractivity contribution in [2.24, 2.45) is 4.99 Å². The molecule has 0 aliphatic heterocycles. The minimum Gasteiger partial charge on any atom is -0.285 e. The largest absolute Gasteiger partial charge is 0.285 e. The number of hydrogen-bond donors (Lipinski definition) is 1. The normalized spacial score (nSPS) is 11.7. The molecule has 1 heterocycles. The van der Waals surface area contributed by atoms with Gasteiger partial charge in [0.2, 0.25) is 0 Å². The lowest BCUT2D eigenvalue weighted by atomic mass is 9.97. The predicted octanol–water partition coefficient (Wildman–Crippen LogP) is 6.75. The highest BCUT2D eigenvalue weighted by Gasteiger charge is 2.09. The van der Waals surface area contributed by atoms with Crippen LogP contribution in [0.4, 0.5) is 5.69 Å². The number of aromatic nitrogens is 2. The third-order valence-electron chi connectivity index (χ3n) is 5.58. The Hall–Kier alpha value is -3.72. The topological polar surface area (TPSA) is 41.0 Å². The van der Waals surface area contributed by atoms with Gasteiger partial charge in [0.15, 0.2) is 0 Å². The molecule has 5 aromatic rings. The van der Waals surface area contributed by atoms with Gasteiger partial charge in [-0.1, -0.05) is 48.5 Å². The lowest BCUT2D eigenvalue weighted by Gasteiger charge is -2.10. The third kappa shape index (κ3) is 3.11. The summed E-state index contributed by atoms with van der Waals surface area (Å²) < 4.78 is 0. The molecule has 0 unspecified atom stereocenters. The van der Waals surface area contributed by atoms with Gasteiger partial charge in [-0.15, -0.1) is 0 Å². The molecule has 0 aliphatic rings. The number of nitrogens with one attached hydrogen (secondary N) is 1. The second-order valence-electron chi connectivity index (χ2n) is 7.39. The van der Waals surface area contributed by atoms with E-state index < -0.39 is 0 Å². The Labute approximate surface area is 169 Å². The summed E-state index contributed by atoms with van der Waals surface area (Å²) in [7, 11) is 0. The number of nitrogens with zero attached hydrogens (tertiary/aromatic N) is 2. The number of fused-ring (bicyclic) bond motifs is 2.